The van der Waals surface area contributed by atoms with Crippen molar-refractivity contribution < 1.29 is 9.21 Å². The summed E-state index contributed by atoms with van der Waals surface area (Å²) in [6, 6.07) is 14.8. The predicted octanol–water partition coefficient (Wildman–Crippen LogP) is 3.69. The van der Waals surface area contributed by atoms with Crippen molar-refractivity contribution in [1.29, 1.82) is 0 Å². The fourth-order valence-corrected chi connectivity index (χ4v) is 2.56. The summed E-state index contributed by atoms with van der Waals surface area (Å²) < 4.78 is 6.97. The first-order valence-corrected chi connectivity index (χ1v) is 7.23. The number of hydrogen-bond donors (Lipinski definition) is 0. The second-order valence-corrected chi connectivity index (χ2v) is 5.24. The Morgan fingerprint density at radius 2 is 2.00 bits per heavy atom. The van der Waals surface area contributed by atoms with Crippen LogP contribution in [0.5, 0.6) is 0 Å². The lowest BCUT2D eigenvalue weighted by Crippen LogP contribution is -2.13. The number of pyridine rings is 1. The molecule has 0 fully saturated rings. The summed E-state index contributed by atoms with van der Waals surface area (Å²) in [5, 5.41) is 4.82. The molecule has 5 heteroatoms. The van der Waals surface area contributed by atoms with E-state index >= 15 is 0 Å². The van der Waals surface area contributed by atoms with Gasteiger partial charge in [0.25, 0.3) is 5.91 Å². The van der Waals surface area contributed by atoms with Gasteiger partial charge in [-0.1, -0.05) is 18.2 Å². The van der Waals surface area contributed by atoms with E-state index in [1.165, 1.54) is 4.68 Å². The average molecular weight is 303 g/mol. The van der Waals surface area contributed by atoms with Gasteiger partial charge in [0.2, 0.25) is 0 Å². The molecule has 0 unspecified atom stereocenters. The van der Waals surface area contributed by atoms with Gasteiger partial charge in [0.1, 0.15) is 11.5 Å². The quantitative estimate of drug-likeness (QED) is 0.566. The lowest BCUT2D eigenvalue weighted by molar-refractivity contribution is 0.0946. The maximum Gasteiger partial charge on any atom is 0.278 e. The van der Waals surface area contributed by atoms with Crippen LogP contribution in [0.4, 0.5) is 0 Å². The summed E-state index contributed by atoms with van der Waals surface area (Å²) >= 11 is 0. The Morgan fingerprint density at radius 3 is 2.74 bits per heavy atom. The minimum absolute atomic E-state index is 0.196. The SMILES string of the molecule is Cc1ccc(-c2cc(C(=O)n3cccn3)c3ccccc3n2)o1. The highest BCUT2D eigenvalue weighted by Gasteiger charge is 2.16. The van der Waals surface area contributed by atoms with Crippen molar-refractivity contribution in [2.24, 2.45) is 0 Å². The molecule has 3 aromatic heterocycles. The smallest absolute Gasteiger partial charge is 0.278 e. The molecule has 112 valence electrons. The zero-order chi connectivity index (χ0) is 15.8. The largest absolute Gasteiger partial charge is 0.460 e. The van der Waals surface area contributed by atoms with Gasteiger partial charge in [0.05, 0.1) is 11.1 Å². The van der Waals surface area contributed by atoms with Crippen molar-refractivity contribution in [3.63, 3.8) is 0 Å². The predicted molar refractivity (Wildman–Crippen MR) is 86.1 cm³/mol. The van der Waals surface area contributed by atoms with E-state index in [2.05, 4.69) is 10.1 Å². The highest BCUT2D eigenvalue weighted by molar-refractivity contribution is 6.07. The van der Waals surface area contributed by atoms with Crippen LogP contribution in [0.3, 0.4) is 0 Å². The number of hydrogen-bond acceptors (Lipinski definition) is 4. The molecule has 23 heavy (non-hydrogen) atoms. The van der Waals surface area contributed by atoms with Crippen LogP contribution in [0.1, 0.15) is 16.1 Å². The van der Waals surface area contributed by atoms with E-state index in [1.807, 2.05) is 43.3 Å². The van der Waals surface area contributed by atoms with Crippen LogP contribution < -0.4 is 0 Å². The van der Waals surface area contributed by atoms with E-state index in [9.17, 15) is 4.79 Å². The molecule has 0 amide bonds. The topological polar surface area (TPSA) is 60.9 Å². The molecule has 0 saturated carbocycles. The summed E-state index contributed by atoms with van der Waals surface area (Å²) in [5.41, 5.74) is 1.92. The Labute approximate surface area is 132 Å². The number of aromatic nitrogens is 3. The molecule has 0 aliphatic heterocycles. The molecule has 3 heterocycles. The zero-order valence-corrected chi connectivity index (χ0v) is 12.4. The molecule has 4 aromatic rings. The Bertz CT molecular complexity index is 1000. The van der Waals surface area contributed by atoms with Crippen LogP contribution >= 0.6 is 0 Å². The molecule has 0 bridgehead atoms. The Balaban J connectivity index is 1.96. The molecule has 0 radical (unpaired) electrons. The van der Waals surface area contributed by atoms with Crippen LogP contribution in [0.25, 0.3) is 22.4 Å². The Morgan fingerprint density at radius 1 is 1.13 bits per heavy atom. The van der Waals surface area contributed by atoms with Crippen molar-refractivity contribution >= 4 is 16.8 Å². The molecule has 5 nitrogen and oxygen atoms in total. The zero-order valence-electron chi connectivity index (χ0n) is 12.4. The molecule has 0 aliphatic rings. The number of fused-ring (bicyclic) bond motifs is 1. The van der Waals surface area contributed by atoms with E-state index in [-0.39, 0.29) is 5.91 Å². The number of furan rings is 1. The molecule has 1 aromatic carbocycles. The van der Waals surface area contributed by atoms with Crippen molar-refractivity contribution in [2.45, 2.75) is 6.92 Å². The molecule has 0 saturated heterocycles. The molecule has 0 atom stereocenters. The fraction of sp³-hybridized carbons (Fsp3) is 0.0556. The summed E-state index contributed by atoms with van der Waals surface area (Å²) in [6.45, 7) is 1.88. The standard InChI is InChI=1S/C18H13N3O2/c1-12-7-8-17(23-12)16-11-14(18(22)21-10-4-9-19-21)13-5-2-3-6-15(13)20-16/h2-11H,1H3. The van der Waals surface area contributed by atoms with Crippen LogP contribution in [-0.2, 0) is 0 Å². The Kier molecular flexibility index (Phi) is 3.05. The van der Waals surface area contributed by atoms with Gasteiger partial charge in [0, 0.05) is 17.8 Å². The molecule has 4 rings (SSSR count). The molecular weight excluding hydrogens is 290 g/mol. The van der Waals surface area contributed by atoms with Gasteiger partial charge in [-0.05, 0) is 37.3 Å². The number of rotatable bonds is 2. The van der Waals surface area contributed by atoms with Gasteiger partial charge in [0.15, 0.2) is 5.76 Å². The third-order valence-electron chi connectivity index (χ3n) is 3.65. The number of carbonyl (C=O) groups is 1. The van der Waals surface area contributed by atoms with E-state index in [0.717, 1.165) is 16.7 Å². The van der Waals surface area contributed by atoms with Crippen LogP contribution in [0.15, 0.2) is 65.3 Å². The average Bonchev–Trinajstić information content (AvgIpc) is 3.24. The van der Waals surface area contributed by atoms with Crippen molar-refractivity contribution in [3.05, 3.63) is 72.2 Å². The highest BCUT2D eigenvalue weighted by Crippen LogP contribution is 2.26. The number of aryl methyl sites for hydroxylation is 1. The van der Waals surface area contributed by atoms with Gasteiger partial charge >= 0.3 is 0 Å². The molecule has 0 aliphatic carbocycles. The number of para-hydroxylation sites is 1. The first-order chi connectivity index (χ1) is 11.2. The minimum Gasteiger partial charge on any atom is -0.460 e. The Hall–Kier alpha value is -3.21. The fourth-order valence-electron chi connectivity index (χ4n) is 2.56. The van der Waals surface area contributed by atoms with Gasteiger partial charge in [-0.2, -0.15) is 5.10 Å². The number of benzene rings is 1. The van der Waals surface area contributed by atoms with Crippen molar-refractivity contribution in [1.82, 2.24) is 14.8 Å². The monoisotopic (exact) mass is 303 g/mol. The first-order valence-electron chi connectivity index (χ1n) is 7.23. The normalized spacial score (nSPS) is 11.0. The van der Waals surface area contributed by atoms with E-state index in [1.54, 1.807) is 24.5 Å². The number of carbonyl (C=O) groups excluding carboxylic acids is 1. The molecular formula is C18H13N3O2. The maximum absolute atomic E-state index is 12.8. The third kappa shape index (κ3) is 2.32. The molecule has 0 N–H and O–H groups in total. The second-order valence-electron chi connectivity index (χ2n) is 5.24. The highest BCUT2D eigenvalue weighted by atomic mass is 16.3. The van der Waals surface area contributed by atoms with Gasteiger partial charge in [-0.15, -0.1) is 0 Å². The van der Waals surface area contributed by atoms with Crippen molar-refractivity contribution in [2.75, 3.05) is 0 Å². The summed E-state index contributed by atoms with van der Waals surface area (Å²) in [7, 11) is 0. The number of nitrogens with zero attached hydrogens (tertiary/aromatic N) is 3. The second kappa shape index (κ2) is 5.21. The van der Waals surface area contributed by atoms with Crippen molar-refractivity contribution in [3.8, 4) is 11.5 Å². The summed E-state index contributed by atoms with van der Waals surface area (Å²) in [4.78, 5) is 17.4. The van der Waals surface area contributed by atoms with Gasteiger partial charge in [-0.3, -0.25) is 4.79 Å². The minimum atomic E-state index is -0.196. The van der Waals surface area contributed by atoms with E-state index in [4.69, 9.17) is 4.42 Å². The van der Waals surface area contributed by atoms with Gasteiger partial charge in [-0.25, -0.2) is 9.67 Å². The van der Waals surface area contributed by atoms with Crippen LogP contribution in [0.2, 0.25) is 0 Å². The summed E-state index contributed by atoms with van der Waals surface area (Å²) in [5.74, 6) is 1.25. The summed E-state index contributed by atoms with van der Waals surface area (Å²) in [6.07, 6.45) is 3.21. The van der Waals surface area contributed by atoms with Crippen LogP contribution in [-0.4, -0.2) is 20.7 Å². The molecule has 0 spiro atoms. The third-order valence-corrected chi connectivity index (χ3v) is 3.65. The lowest BCUT2D eigenvalue weighted by atomic mass is 10.1. The maximum atomic E-state index is 12.8. The van der Waals surface area contributed by atoms with E-state index < -0.39 is 0 Å². The van der Waals surface area contributed by atoms with Gasteiger partial charge < -0.3 is 4.42 Å². The lowest BCUT2D eigenvalue weighted by Gasteiger charge is -2.08. The van der Waals surface area contributed by atoms with E-state index in [0.29, 0.717) is 17.0 Å². The van der Waals surface area contributed by atoms with Crippen LogP contribution in [0, 0.1) is 6.92 Å². The first kappa shape index (κ1) is 13.5.